The van der Waals surface area contributed by atoms with E-state index in [4.69, 9.17) is 0 Å². The Morgan fingerprint density at radius 2 is 2.00 bits per heavy atom. The molecule has 1 aliphatic carbocycles. The summed E-state index contributed by atoms with van der Waals surface area (Å²) in [6.07, 6.45) is 4.24. The minimum absolute atomic E-state index is 0.0678. The van der Waals surface area contributed by atoms with E-state index in [-0.39, 0.29) is 16.9 Å². The van der Waals surface area contributed by atoms with Crippen molar-refractivity contribution in [3.05, 3.63) is 0 Å². The van der Waals surface area contributed by atoms with Crippen LogP contribution in [0.25, 0.3) is 0 Å². The zero-order valence-electron chi connectivity index (χ0n) is 12.0. The molecule has 0 aromatic rings. The van der Waals surface area contributed by atoms with Crippen molar-refractivity contribution in [2.75, 3.05) is 12.3 Å². The van der Waals surface area contributed by atoms with Gasteiger partial charge in [0, 0.05) is 17.8 Å². The lowest BCUT2D eigenvalue weighted by molar-refractivity contribution is -0.141. The predicted octanol–water partition coefficient (Wildman–Crippen LogP) is 2.22. The van der Waals surface area contributed by atoms with E-state index in [1.165, 1.54) is 0 Å². The second-order valence-corrected chi connectivity index (χ2v) is 7.82. The molecule has 20 heavy (non-hydrogen) atoms. The Kier molecular flexibility index (Phi) is 3.39. The van der Waals surface area contributed by atoms with Crippen LogP contribution < -0.4 is 0 Å². The van der Waals surface area contributed by atoms with Crippen LogP contribution in [0.3, 0.4) is 0 Å². The summed E-state index contributed by atoms with van der Waals surface area (Å²) >= 11 is 1.64. The number of carboxylic acids is 1. The van der Waals surface area contributed by atoms with Crippen molar-refractivity contribution >= 4 is 23.8 Å². The number of hydrogen-bond donors (Lipinski definition) is 1. The zero-order chi connectivity index (χ0) is 14.5. The average molecular weight is 298 g/mol. The molecule has 112 valence electrons. The highest BCUT2D eigenvalue weighted by Gasteiger charge is 2.51. The number of carbonyl (C=O) groups excluding carboxylic acids is 1. The Morgan fingerprint density at radius 3 is 2.50 bits per heavy atom. The Bertz CT molecular complexity index is 436. The molecule has 2 heterocycles. The molecule has 1 N–H and O–H groups in total. The second-order valence-electron chi connectivity index (χ2n) is 6.67. The molecule has 0 radical (unpaired) electrons. The first-order valence-electron chi connectivity index (χ1n) is 7.36. The number of carboxylic acid groups (broad SMARTS) is 1. The van der Waals surface area contributed by atoms with Crippen LogP contribution in [-0.2, 0) is 4.79 Å². The van der Waals surface area contributed by atoms with Crippen LogP contribution in [0.5, 0.6) is 0 Å². The van der Waals surface area contributed by atoms with Gasteiger partial charge in [0.1, 0.15) is 6.04 Å². The minimum atomic E-state index is -0.869. The summed E-state index contributed by atoms with van der Waals surface area (Å²) in [5.41, 5.74) is -0.151. The monoisotopic (exact) mass is 298 g/mol. The lowest BCUT2D eigenvalue weighted by Crippen LogP contribution is -2.55. The molecule has 2 aliphatic heterocycles. The predicted molar refractivity (Wildman–Crippen MR) is 77.6 cm³/mol. The third-order valence-electron chi connectivity index (χ3n) is 4.70. The maximum atomic E-state index is 12.9. The fraction of sp³-hybridized carbons (Fsp3) is 0.857. The Labute approximate surface area is 123 Å². The molecule has 2 unspecified atom stereocenters. The highest BCUT2D eigenvalue weighted by Crippen LogP contribution is 2.46. The first kappa shape index (κ1) is 14.0. The van der Waals surface area contributed by atoms with Crippen LogP contribution >= 0.6 is 11.8 Å². The van der Waals surface area contributed by atoms with Gasteiger partial charge >= 0.3 is 12.0 Å². The Balaban J connectivity index is 1.83. The smallest absolute Gasteiger partial charge is 0.327 e. The quantitative estimate of drug-likeness (QED) is 0.849. The van der Waals surface area contributed by atoms with E-state index < -0.39 is 12.0 Å². The van der Waals surface area contributed by atoms with Crippen molar-refractivity contribution in [2.45, 2.75) is 56.5 Å². The van der Waals surface area contributed by atoms with Crippen molar-refractivity contribution in [1.29, 1.82) is 0 Å². The minimum Gasteiger partial charge on any atom is -0.480 e. The molecular formula is C14H22N2O3S. The van der Waals surface area contributed by atoms with Gasteiger partial charge in [-0.25, -0.2) is 9.59 Å². The van der Waals surface area contributed by atoms with Crippen LogP contribution in [-0.4, -0.2) is 56.2 Å². The molecule has 0 aromatic heterocycles. The molecule has 3 rings (SSSR count). The number of likely N-dealkylation sites (tertiary alicyclic amines) is 1. The summed E-state index contributed by atoms with van der Waals surface area (Å²) in [7, 11) is 0. The van der Waals surface area contributed by atoms with Crippen LogP contribution in [0.4, 0.5) is 4.79 Å². The molecule has 5 nitrogen and oxygen atoms in total. The molecule has 0 spiro atoms. The number of thioether (sulfide) groups is 1. The van der Waals surface area contributed by atoms with E-state index >= 15 is 0 Å². The van der Waals surface area contributed by atoms with Crippen molar-refractivity contribution in [2.24, 2.45) is 5.92 Å². The first-order chi connectivity index (χ1) is 9.42. The molecule has 6 heteroatoms. The van der Waals surface area contributed by atoms with E-state index in [1.807, 2.05) is 4.90 Å². The largest absolute Gasteiger partial charge is 0.480 e. The molecule has 3 aliphatic rings. The summed E-state index contributed by atoms with van der Waals surface area (Å²) in [5.74, 6) is 0.154. The van der Waals surface area contributed by atoms with Gasteiger partial charge in [-0.15, -0.1) is 11.8 Å². The highest BCUT2D eigenvalue weighted by molar-refractivity contribution is 8.00. The van der Waals surface area contributed by atoms with Gasteiger partial charge in [-0.1, -0.05) is 0 Å². The van der Waals surface area contributed by atoms with E-state index in [1.54, 1.807) is 16.7 Å². The van der Waals surface area contributed by atoms with E-state index in [0.717, 1.165) is 32.2 Å². The molecule has 1 saturated carbocycles. The number of urea groups is 1. The van der Waals surface area contributed by atoms with E-state index in [0.29, 0.717) is 11.7 Å². The Morgan fingerprint density at radius 1 is 1.30 bits per heavy atom. The van der Waals surface area contributed by atoms with Gasteiger partial charge in [-0.3, -0.25) is 4.90 Å². The van der Waals surface area contributed by atoms with Crippen molar-refractivity contribution in [3.8, 4) is 0 Å². The molecule has 2 atom stereocenters. The zero-order valence-corrected chi connectivity index (χ0v) is 12.9. The van der Waals surface area contributed by atoms with Crippen LogP contribution in [0.15, 0.2) is 0 Å². The normalized spacial score (nSPS) is 32.7. The van der Waals surface area contributed by atoms with Gasteiger partial charge in [0.05, 0.1) is 5.37 Å². The van der Waals surface area contributed by atoms with Gasteiger partial charge < -0.3 is 10.0 Å². The first-order valence-corrected chi connectivity index (χ1v) is 8.41. The van der Waals surface area contributed by atoms with E-state index in [2.05, 4.69) is 13.8 Å². The maximum absolute atomic E-state index is 12.9. The molecule has 0 aromatic carbocycles. The summed E-state index contributed by atoms with van der Waals surface area (Å²) in [6.45, 7) is 4.89. The summed E-state index contributed by atoms with van der Waals surface area (Å²) in [5, 5.41) is 9.47. The fourth-order valence-corrected chi connectivity index (χ4v) is 4.93. The van der Waals surface area contributed by atoms with Crippen LogP contribution in [0, 0.1) is 5.92 Å². The molecule has 0 bridgehead atoms. The lowest BCUT2D eigenvalue weighted by atomic mass is 10.0. The number of hydrogen-bond acceptors (Lipinski definition) is 3. The highest BCUT2D eigenvalue weighted by atomic mass is 32.2. The SMILES string of the molecule is CC1(C)CCCN1C(=O)N1C(C(=O)O)CSC1C1CC1. The number of carbonyl (C=O) groups is 2. The van der Waals surface area contributed by atoms with Crippen LogP contribution in [0.2, 0.25) is 0 Å². The summed E-state index contributed by atoms with van der Waals surface area (Å²) < 4.78 is 0. The summed E-state index contributed by atoms with van der Waals surface area (Å²) in [6, 6.07) is -0.726. The third-order valence-corrected chi connectivity index (χ3v) is 6.16. The topological polar surface area (TPSA) is 60.9 Å². The molecule has 2 saturated heterocycles. The number of aliphatic carboxylic acids is 1. The second kappa shape index (κ2) is 4.83. The van der Waals surface area contributed by atoms with Crippen molar-refractivity contribution in [1.82, 2.24) is 9.80 Å². The summed E-state index contributed by atoms with van der Waals surface area (Å²) in [4.78, 5) is 27.9. The average Bonchev–Trinajstić information content (AvgIpc) is 3.01. The number of rotatable bonds is 2. The lowest BCUT2D eigenvalue weighted by Gasteiger charge is -2.38. The fourth-order valence-electron chi connectivity index (χ4n) is 3.31. The van der Waals surface area contributed by atoms with Crippen LogP contribution in [0.1, 0.15) is 39.5 Å². The van der Waals surface area contributed by atoms with Gasteiger partial charge in [0.15, 0.2) is 0 Å². The van der Waals surface area contributed by atoms with Gasteiger partial charge in [0.25, 0.3) is 0 Å². The van der Waals surface area contributed by atoms with Gasteiger partial charge in [-0.05, 0) is 45.4 Å². The molecular weight excluding hydrogens is 276 g/mol. The van der Waals surface area contributed by atoms with E-state index in [9.17, 15) is 14.7 Å². The van der Waals surface area contributed by atoms with Crippen molar-refractivity contribution in [3.63, 3.8) is 0 Å². The standard InChI is InChI=1S/C14H22N2O3S/c1-14(2)6-3-7-15(14)13(19)16-10(12(17)18)8-20-11(16)9-4-5-9/h9-11H,3-8H2,1-2H3,(H,17,18). The van der Waals surface area contributed by atoms with Crippen molar-refractivity contribution < 1.29 is 14.7 Å². The maximum Gasteiger partial charge on any atom is 0.327 e. The van der Waals surface area contributed by atoms with Gasteiger partial charge in [0.2, 0.25) is 0 Å². The number of amides is 2. The Hall–Kier alpha value is -0.910. The number of nitrogens with zero attached hydrogens (tertiary/aromatic N) is 2. The van der Waals surface area contributed by atoms with Gasteiger partial charge in [-0.2, -0.15) is 0 Å². The molecule has 3 fully saturated rings. The third kappa shape index (κ3) is 2.28. The molecule has 2 amide bonds.